The number of hydrogen-bond acceptors (Lipinski definition) is 5. The topological polar surface area (TPSA) is 142 Å². The van der Waals surface area contributed by atoms with Gasteiger partial charge in [0.1, 0.15) is 6.04 Å². The van der Waals surface area contributed by atoms with Crippen molar-refractivity contribution in [2.45, 2.75) is 45.4 Å². The van der Waals surface area contributed by atoms with Gasteiger partial charge in [0.2, 0.25) is 11.8 Å². The first-order valence-electron chi connectivity index (χ1n) is 6.38. The van der Waals surface area contributed by atoms with Crippen LogP contribution < -0.4 is 16.4 Å². The molecule has 0 rings (SSSR count). The fourth-order valence-electron chi connectivity index (χ4n) is 1.33. The van der Waals surface area contributed by atoms with Crippen LogP contribution in [-0.2, 0) is 14.4 Å². The lowest BCUT2D eigenvalue weighted by Gasteiger charge is -2.21. The van der Waals surface area contributed by atoms with E-state index in [1.807, 2.05) is 0 Å². The molecule has 20 heavy (non-hydrogen) atoms. The van der Waals surface area contributed by atoms with E-state index in [4.69, 9.17) is 15.9 Å². The molecule has 0 aliphatic rings. The van der Waals surface area contributed by atoms with E-state index < -0.39 is 42.4 Å². The van der Waals surface area contributed by atoms with Gasteiger partial charge < -0.3 is 26.6 Å². The standard InChI is InChI=1S/C12H23N3O5/c1-6(2)10(13)12(20)15-8(4-9(17)18)11(19)14-5-7(3)16/h6-8,10,16H,4-5,13H2,1-3H3,(H,14,19)(H,15,20)(H,17,18)/t7-,8+,10+/m1/s1. The molecule has 0 aromatic rings. The van der Waals surface area contributed by atoms with Crippen molar-refractivity contribution in [1.82, 2.24) is 10.6 Å². The first-order valence-corrected chi connectivity index (χ1v) is 6.38. The SMILES string of the molecule is CC(C)[C@H](N)C(=O)N[C@@H](CC(=O)O)C(=O)NC[C@@H](C)O. The molecule has 0 fully saturated rings. The predicted molar refractivity (Wildman–Crippen MR) is 71.7 cm³/mol. The average molecular weight is 289 g/mol. The highest BCUT2D eigenvalue weighted by atomic mass is 16.4. The van der Waals surface area contributed by atoms with Gasteiger partial charge in [0.25, 0.3) is 0 Å². The van der Waals surface area contributed by atoms with E-state index >= 15 is 0 Å². The molecule has 0 heterocycles. The molecule has 0 saturated heterocycles. The maximum absolute atomic E-state index is 11.8. The van der Waals surface area contributed by atoms with Gasteiger partial charge in [-0.25, -0.2) is 0 Å². The van der Waals surface area contributed by atoms with Gasteiger partial charge in [-0.05, 0) is 12.8 Å². The van der Waals surface area contributed by atoms with Crippen LogP contribution in [0, 0.1) is 5.92 Å². The molecule has 0 aromatic carbocycles. The maximum Gasteiger partial charge on any atom is 0.305 e. The molecule has 8 nitrogen and oxygen atoms in total. The smallest absolute Gasteiger partial charge is 0.305 e. The van der Waals surface area contributed by atoms with Crippen LogP contribution in [0.5, 0.6) is 0 Å². The number of amides is 2. The third-order valence-corrected chi connectivity index (χ3v) is 2.60. The molecule has 0 unspecified atom stereocenters. The second kappa shape index (κ2) is 8.49. The number of carboxylic acids is 1. The van der Waals surface area contributed by atoms with Crippen molar-refractivity contribution < 1.29 is 24.6 Å². The molecule has 0 aliphatic carbocycles. The zero-order chi connectivity index (χ0) is 15.9. The number of carbonyl (C=O) groups is 3. The number of nitrogens with one attached hydrogen (secondary N) is 2. The number of carboxylic acid groups (broad SMARTS) is 1. The average Bonchev–Trinajstić information content (AvgIpc) is 2.33. The minimum absolute atomic E-state index is 0.0267. The number of nitrogens with two attached hydrogens (primary N) is 1. The summed E-state index contributed by atoms with van der Waals surface area (Å²) in [5, 5.41) is 22.5. The Bertz CT molecular complexity index is 357. The van der Waals surface area contributed by atoms with Gasteiger partial charge in [-0.2, -0.15) is 0 Å². The highest BCUT2D eigenvalue weighted by molar-refractivity contribution is 5.92. The van der Waals surface area contributed by atoms with Crippen LogP contribution in [0.4, 0.5) is 0 Å². The predicted octanol–water partition coefficient (Wildman–Crippen LogP) is -1.57. The summed E-state index contributed by atoms with van der Waals surface area (Å²) in [6.45, 7) is 4.93. The molecule has 0 radical (unpaired) electrons. The Morgan fingerprint density at radius 3 is 2.10 bits per heavy atom. The summed E-state index contributed by atoms with van der Waals surface area (Å²) in [6.07, 6.45) is -1.32. The lowest BCUT2D eigenvalue weighted by molar-refractivity contribution is -0.140. The Hall–Kier alpha value is -1.67. The minimum atomic E-state index is -1.22. The first-order chi connectivity index (χ1) is 9.15. The highest BCUT2D eigenvalue weighted by Crippen LogP contribution is 2.01. The first kappa shape index (κ1) is 18.3. The lowest BCUT2D eigenvalue weighted by Crippen LogP contribution is -2.54. The number of carbonyl (C=O) groups excluding carboxylic acids is 2. The Balaban J connectivity index is 4.67. The normalized spacial score (nSPS) is 15.3. The molecule has 3 atom stereocenters. The number of aliphatic hydroxyl groups excluding tert-OH is 1. The molecular formula is C12H23N3O5. The summed E-state index contributed by atoms with van der Waals surface area (Å²) in [6, 6.07) is -2.04. The second-order valence-corrected chi connectivity index (χ2v) is 5.02. The molecular weight excluding hydrogens is 266 g/mol. The Morgan fingerprint density at radius 2 is 1.70 bits per heavy atom. The van der Waals surface area contributed by atoms with Crippen molar-refractivity contribution in [2.75, 3.05) is 6.54 Å². The fraction of sp³-hybridized carbons (Fsp3) is 0.750. The third-order valence-electron chi connectivity index (χ3n) is 2.60. The largest absolute Gasteiger partial charge is 0.481 e. The van der Waals surface area contributed by atoms with Gasteiger partial charge >= 0.3 is 5.97 Å². The quantitative estimate of drug-likeness (QED) is 0.365. The molecule has 116 valence electrons. The van der Waals surface area contributed by atoms with Crippen molar-refractivity contribution in [3.05, 3.63) is 0 Å². The van der Waals surface area contributed by atoms with Gasteiger partial charge in [0.05, 0.1) is 18.6 Å². The molecule has 0 saturated carbocycles. The van der Waals surface area contributed by atoms with Crippen LogP contribution in [0.1, 0.15) is 27.2 Å². The summed E-state index contributed by atoms with van der Waals surface area (Å²) in [5.74, 6) is -2.61. The van der Waals surface area contributed by atoms with Crippen LogP contribution in [-0.4, -0.2) is 52.7 Å². The molecule has 0 aromatic heterocycles. The minimum Gasteiger partial charge on any atom is -0.481 e. The zero-order valence-corrected chi connectivity index (χ0v) is 11.9. The van der Waals surface area contributed by atoms with E-state index in [1.165, 1.54) is 6.92 Å². The molecule has 0 aliphatic heterocycles. The fourth-order valence-corrected chi connectivity index (χ4v) is 1.33. The molecule has 8 heteroatoms. The summed E-state index contributed by atoms with van der Waals surface area (Å²) in [4.78, 5) is 34.3. The van der Waals surface area contributed by atoms with E-state index in [0.29, 0.717) is 0 Å². The van der Waals surface area contributed by atoms with Gasteiger partial charge in [-0.1, -0.05) is 13.8 Å². The van der Waals surface area contributed by atoms with E-state index in [2.05, 4.69) is 10.6 Å². The van der Waals surface area contributed by atoms with Gasteiger partial charge in [-0.15, -0.1) is 0 Å². The van der Waals surface area contributed by atoms with E-state index in [-0.39, 0.29) is 12.5 Å². The summed E-state index contributed by atoms with van der Waals surface area (Å²) in [7, 11) is 0. The number of hydrogen-bond donors (Lipinski definition) is 5. The number of aliphatic hydroxyl groups is 1. The monoisotopic (exact) mass is 289 g/mol. The van der Waals surface area contributed by atoms with Gasteiger partial charge in [0.15, 0.2) is 0 Å². The van der Waals surface area contributed by atoms with E-state index in [1.54, 1.807) is 13.8 Å². The molecule has 0 spiro atoms. The number of aliphatic carboxylic acids is 1. The number of rotatable bonds is 8. The summed E-state index contributed by atoms with van der Waals surface area (Å²) < 4.78 is 0. The van der Waals surface area contributed by atoms with Crippen molar-refractivity contribution in [3.63, 3.8) is 0 Å². The Labute approximate surface area is 117 Å². The van der Waals surface area contributed by atoms with Crippen molar-refractivity contribution in [2.24, 2.45) is 11.7 Å². The summed E-state index contributed by atoms with van der Waals surface area (Å²) in [5.41, 5.74) is 5.63. The molecule has 6 N–H and O–H groups in total. The highest BCUT2D eigenvalue weighted by Gasteiger charge is 2.27. The molecule has 2 amide bonds. The summed E-state index contributed by atoms with van der Waals surface area (Å²) >= 11 is 0. The second-order valence-electron chi connectivity index (χ2n) is 5.02. The van der Waals surface area contributed by atoms with E-state index in [9.17, 15) is 14.4 Å². The lowest BCUT2D eigenvalue weighted by atomic mass is 10.0. The van der Waals surface area contributed by atoms with Crippen LogP contribution in [0.15, 0.2) is 0 Å². The van der Waals surface area contributed by atoms with Gasteiger partial charge in [-0.3, -0.25) is 14.4 Å². The van der Waals surface area contributed by atoms with Crippen molar-refractivity contribution >= 4 is 17.8 Å². The maximum atomic E-state index is 11.8. The Kier molecular flexibility index (Phi) is 7.78. The Morgan fingerprint density at radius 1 is 1.15 bits per heavy atom. The van der Waals surface area contributed by atoms with Crippen LogP contribution in [0.3, 0.4) is 0 Å². The third kappa shape index (κ3) is 7.05. The van der Waals surface area contributed by atoms with Crippen LogP contribution >= 0.6 is 0 Å². The van der Waals surface area contributed by atoms with Crippen molar-refractivity contribution in [1.29, 1.82) is 0 Å². The van der Waals surface area contributed by atoms with Crippen molar-refractivity contribution in [3.8, 4) is 0 Å². The zero-order valence-electron chi connectivity index (χ0n) is 11.9. The molecule has 0 bridgehead atoms. The van der Waals surface area contributed by atoms with Crippen LogP contribution in [0.25, 0.3) is 0 Å². The van der Waals surface area contributed by atoms with Gasteiger partial charge in [0, 0.05) is 6.54 Å². The van der Waals surface area contributed by atoms with E-state index in [0.717, 1.165) is 0 Å². The van der Waals surface area contributed by atoms with Crippen LogP contribution in [0.2, 0.25) is 0 Å².